The second kappa shape index (κ2) is 5.86. The van der Waals surface area contributed by atoms with Crippen LogP contribution in [0.4, 0.5) is 13.2 Å². The fourth-order valence-corrected chi connectivity index (χ4v) is 2.66. The first-order valence-corrected chi connectivity index (χ1v) is 7.15. The summed E-state index contributed by atoms with van der Waals surface area (Å²) in [6.07, 6.45) is -3.34. The molecular formula is C15H8Cl2F3N3. The average Bonchev–Trinajstić information content (AvgIpc) is 2.95. The summed E-state index contributed by atoms with van der Waals surface area (Å²) in [4.78, 5) is 4.03. The number of halogens is 5. The Labute approximate surface area is 139 Å². The highest BCUT2D eigenvalue weighted by Gasteiger charge is 2.34. The van der Waals surface area contributed by atoms with E-state index in [4.69, 9.17) is 23.2 Å². The molecule has 3 rings (SSSR count). The van der Waals surface area contributed by atoms with Crippen molar-refractivity contribution in [2.45, 2.75) is 6.18 Å². The number of benzene rings is 2. The number of para-hydroxylation sites is 1. The zero-order valence-electron chi connectivity index (χ0n) is 11.4. The lowest BCUT2D eigenvalue weighted by Gasteiger charge is -2.14. The van der Waals surface area contributed by atoms with Crippen LogP contribution in [0, 0.1) is 0 Å². The van der Waals surface area contributed by atoms with Gasteiger partial charge < -0.3 is 0 Å². The van der Waals surface area contributed by atoms with Gasteiger partial charge in [0, 0.05) is 10.6 Å². The van der Waals surface area contributed by atoms with Crippen molar-refractivity contribution in [1.29, 1.82) is 0 Å². The van der Waals surface area contributed by atoms with Gasteiger partial charge >= 0.3 is 6.18 Å². The minimum atomic E-state index is -4.51. The largest absolute Gasteiger partial charge is 0.418 e. The first kappa shape index (κ1) is 15.8. The highest BCUT2D eigenvalue weighted by atomic mass is 35.5. The van der Waals surface area contributed by atoms with E-state index in [0.29, 0.717) is 10.6 Å². The van der Waals surface area contributed by atoms with Crippen LogP contribution in [-0.2, 0) is 6.18 Å². The Bertz CT molecular complexity index is 859. The Balaban J connectivity index is 2.20. The highest BCUT2D eigenvalue weighted by molar-refractivity contribution is 6.36. The van der Waals surface area contributed by atoms with Crippen LogP contribution in [0.1, 0.15) is 5.56 Å². The summed E-state index contributed by atoms with van der Waals surface area (Å²) in [6.45, 7) is 0. The van der Waals surface area contributed by atoms with E-state index in [0.717, 1.165) is 10.7 Å². The molecule has 0 aliphatic carbocycles. The number of hydrogen-bond acceptors (Lipinski definition) is 2. The maximum Gasteiger partial charge on any atom is 0.418 e. The molecule has 0 fully saturated rings. The molecule has 0 atom stereocenters. The summed E-state index contributed by atoms with van der Waals surface area (Å²) in [7, 11) is 0. The Morgan fingerprint density at radius 2 is 1.74 bits per heavy atom. The molecule has 0 unspecified atom stereocenters. The minimum absolute atomic E-state index is 0.126. The number of rotatable bonds is 2. The van der Waals surface area contributed by atoms with Crippen LogP contribution < -0.4 is 0 Å². The summed E-state index contributed by atoms with van der Waals surface area (Å²) in [5.41, 5.74) is -0.499. The molecule has 0 aliphatic rings. The third-order valence-corrected chi connectivity index (χ3v) is 3.71. The Morgan fingerprint density at radius 1 is 1.00 bits per heavy atom. The summed E-state index contributed by atoms with van der Waals surface area (Å²) in [5, 5.41) is 4.61. The first-order valence-electron chi connectivity index (χ1n) is 6.40. The lowest BCUT2D eigenvalue weighted by atomic mass is 10.1. The molecule has 0 bridgehead atoms. The van der Waals surface area contributed by atoms with E-state index in [-0.39, 0.29) is 16.5 Å². The summed E-state index contributed by atoms with van der Waals surface area (Å²) >= 11 is 12.0. The molecule has 23 heavy (non-hydrogen) atoms. The van der Waals surface area contributed by atoms with Crippen molar-refractivity contribution in [3.63, 3.8) is 0 Å². The van der Waals surface area contributed by atoms with E-state index in [1.54, 1.807) is 12.1 Å². The summed E-state index contributed by atoms with van der Waals surface area (Å²) in [6, 6.07) is 9.79. The standard InChI is InChI=1S/C15H8Cl2F3N3/c16-9-5-6-10(12(17)7-9)14-21-8-22-23(14)13-4-2-1-3-11(13)15(18,19)20/h1-8H. The molecule has 2 aromatic carbocycles. The monoisotopic (exact) mass is 357 g/mol. The van der Waals surface area contributed by atoms with Gasteiger partial charge in [-0.05, 0) is 30.3 Å². The lowest BCUT2D eigenvalue weighted by molar-refractivity contribution is -0.137. The fraction of sp³-hybridized carbons (Fsp3) is 0.0667. The molecule has 1 aromatic heterocycles. The zero-order valence-corrected chi connectivity index (χ0v) is 12.9. The van der Waals surface area contributed by atoms with E-state index in [9.17, 15) is 13.2 Å². The van der Waals surface area contributed by atoms with Crippen LogP contribution in [-0.4, -0.2) is 14.8 Å². The van der Waals surface area contributed by atoms with E-state index >= 15 is 0 Å². The van der Waals surface area contributed by atoms with Crippen LogP contribution in [0.25, 0.3) is 17.1 Å². The molecule has 3 nitrogen and oxygen atoms in total. The van der Waals surface area contributed by atoms with Crippen molar-refractivity contribution in [3.8, 4) is 17.1 Å². The van der Waals surface area contributed by atoms with Gasteiger partial charge in [0.2, 0.25) is 0 Å². The topological polar surface area (TPSA) is 30.7 Å². The normalized spacial score (nSPS) is 11.7. The molecule has 0 spiro atoms. The lowest BCUT2D eigenvalue weighted by Crippen LogP contribution is -2.12. The van der Waals surface area contributed by atoms with E-state index < -0.39 is 11.7 Å². The van der Waals surface area contributed by atoms with Crippen molar-refractivity contribution >= 4 is 23.2 Å². The van der Waals surface area contributed by atoms with Gasteiger partial charge in [-0.2, -0.15) is 18.3 Å². The molecule has 0 saturated carbocycles. The molecule has 0 saturated heterocycles. The van der Waals surface area contributed by atoms with Crippen molar-refractivity contribution in [2.75, 3.05) is 0 Å². The number of alkyl halides is 3. The second-order valence-electron chi connectivity index (χ2n) is 4.63. The zero-order chi connectivity index (χ0) is 16.6. The molecule has 0 aliphatic heterocycles. The molecule has 118 valence electrons. The van der Waals surface area contributed by atoms with Crippen molar-refractivity contribution in [3.05, 3.63) is 64.4 Å². The van der Waals surface area contributed by atoms with Gasteiger partial charge in [-0.15, -0.1) is 0 Å². The Kier molecular flexibility index (Phi) is 4.04. The number of nitrogens with zero attached hydrogens (tertiary/aromatic N) is 3. The fourth-order valence-electron chi connectivity index (χ4n) is 2.17. The van der Waals surface area contributed by atoms with E-state index in [1.165, 1.54) is 30.6 Å². The molecule has 0 radical (unpaired) electrons. The molecule has 8 heteroatoms. The Morgan fingerprint density at radius 3 is 2.43 bits per heavy atom. The molecule has 0 amide bonds. The molecular weight excluding hydrogens is 350 g/mol. The third kappa shape index (κ3) is 3.04. The van der Waals surface area contributed by atoms with Crippen molar-refractivity contribution < 1.29 is 13.2 Å². The molecule has 3 aromatic rings. The maximum absolute atomic E-state index is 13.2. The van der Waals surface area contributed by atoms with Gasteiger partial charge in [0.05, 0.1) is 16.3 Å². The van der Waals surface area contributed by atoms with Crippen LogP contribution in [0.5, 0.6) is 0 Å². The van der Waals surface area contributed by atoms with Gasteiger partial charge in [-0.3, -0.25) is 0 Å². The smallest absolute Gasteiger partial charge is 0.215 e. The van der Waals surface area contributed by atoms with Gasteiger partial charge in [-0.1, -0.05) is 35.3 Å². The van der Waals surface area contributed by atoms with E-state index in [2.05, 4.69) is 10.1 Å². The van der Waals surface area contributed by atoms with Crippen LogP contribution >= 0.6 is 23.2 Å². The second-order valence-corrected chi connectivity index (χ2v) is 5.48. The number of hydrogen-bond donors (Lipinski definition) is 0. The predicted octanol–water partition coefficient (Wildman–Crippen LogP) is 5.26. The third-order valence-electron chi connectivity index (χ3n) is 3.16. The average molecular weight is 358 g/mol. The van der Waals surface area contributed by atoms with Crippen LogP contribution in [0.3, 0.4) is 0 Å². The van der Waals surface area contributed by atoms with Gasteiger partial charge in [-0.25, -0.2) is 9.67 Å². The summed E-state index contributed by atoms with van der Waals surface area (Å²) < 4.78 is 40.7. The maximum atomic E-state index is 13.2. The predicted molar refractivity (Wildman–Crippen MR) is 81.8 cm³/mol. The summed E-state index contributed by atoms with van der Waals surface area (Å²) in [5.74, 6) is 0.198. The van der Waals surface area contributed by atoms with Crippen molar-refractivity contribution in [1.82, 2.24) is 14.8 Å². The highest BCUT2D eigenvalue weighted by Crippen LogP contribution is 2.36. The van der Waals surface area contributed by atoms with Gasteiger partial charge in [0.25, 0.3) is 0 Å². The molecule has 1 heterocycles. The van der Waals surface area contributed by atoms with Gasteiger partial charge in [0.15, 0.2) is 5.82 Å². The van der Waals surface area contributed by atoms with Crippen molar-refractivity contribution in [2.24, 2.45) is 0 Å². The first-order chi connectivity index (χ1) is 10.9. The molecule has 0 N–H and O–H groups in total. The SMILES string of the molecule is FC(F)(F)c1ccccc1-n1ncnc1-c1ccc(Cl)cc1Cl. The number of aromatic nitrogens is 3. The van der Waals surface area contributed by atoms with Crippen LogP contribution in [0.2, 0.25) is 10.0 Å². The minimum Gasteiger partial charge on any atom is -0.215 e. The Hall–Kier alpha value is -2.05. The quantitative estimate of drug-likeness (QED) is 0.626. The van der Waals surface area contributed by atoms with Crippen LogP contribution in [0.15, 0.2) is 48.8 Å². The van der Waals surface area contributed by atoms with Gasteiger partial charge in [0.1, 0.15) is 6.33 Å². The van der Waals surface area contributed by atoms with E-state index in [1.807, 2.05) is 0 Å².